The molecule has 1 aliphatic heterocycles. The highest BCUT2D eigenvalue weighted by atomic mass is 15.1. The number of hydrogen-bond donors (Lipinski definition) is 0. The summed E-state index contributed by atoms with van der Waals surface area (Å²) in [5.74, 6) is 0. The molecule has 3 heterocycles. The maximum Gasteiger partial charge on any atom is 0.136 e. The predicted molar refractivity (Wildman–Crippen MR) is 64.0 cm³/mol. The number of piperidine rings is 1. The van der Waals surface area contributed by atoms with E-state index in [9.17, 15) is 0 Å². The van der Waals surface area contributed by atoms with Gasteiger partial charge in [0.15, 0.2) is 0 Å². The summed E-state index contributed by atoms with van der Waals surface area (Å²) in [6.45, 7) is 3.44. The molecule has 3 rings (SSSR count). The minimum atomic E-state index is 1.04. The Morgan fingerprint density at radius 2 is 2.06 bits per heavy atom. The first-order valence-corrected chi connectivity index (χ1v) is 5.87. The first kappa shape index (κ1) is 9.85. The van der Waals surface area contributed by atoms with Crippen LogP contribution < -0.4 is 0 Å². The Hall–Kier alpha value is -1.35. The number of fused-ring (bicyclic) bond motifs is 1. The van der Waals surface area contributed by atoms with Gasteiger partial charge in [0.2, 0.25) is 0 Å². The van der Waals surface area contributed by atoms with Gasteiger partial charge in [-0.1, -0.05) is 0 Å². The van der Waals surface area contributed by atoms with Crippen molar-refractivity contribution < 1.29 is 0 Å². The van der Waals surface area contributed by atoms with Crippen molar-refractivity contribution in [2.24, 2.45) is 0 Å². The number of likely N-dealkylation sites (tertiary alicyclic amines) is 1. The van der Waals surface area contributed by atoms with Gasteiger partial charge in [-0.3, -0.25) is 4.90 Å². The van der Waals surface area contributed by atoms with Gasteiger partial charge in [-0.05, 0) is 50.0 Å². The highest BCUT2D eigenvalue weighted by Crippen LogP contribution is 2.13. The van der Waals surface area contributed by atoms with Crippen LogP contribution in [0.1, 0.15) is 18.4 Å². The number of aromatic nitrogens is 2. The molecule has 0 aliphatic carbocycles. The molecule has 1 radical (unpaired) electrons. The van der Waals surface area contributed by atoms with Crippen LogP contribution in [0.25, 0.3) is 5.65 Å². The van der Waals surface area contributed by atoms with Gasteiger partial charge >= 0.3 is 0 Å². The van der Waals surface area contributed by atoms with Crippen LogP contribution in [-0.2, 0) is 6.54 Å². The second-order valence-corrected chi connectivity index (χ2v) is 4.37. The van der Waals surface area contributed by atoms with E-state index < -0.39 is 0 Å². The van der Waals surface area contributed by atoms with Crippen LogP contribution in [-0.4, -0.2) is 27.4 Å². The van der Waals surface area contributed by atoms with Crippen LogP contribution in [0.4, 0.5) is 0 Å². The van der Waals surface area contributed by atoms with Crippen molar-refractivity contribution >= 4 is 5.65 Å². The zero-order valence-electron chi connectivity index (χ0n) is 9.34. The summed E-state index contributed by atoms with van der Waals surface area (Å²) in [5.41, 5.74) is 2.40. The van der Waals surface area contributed by atoms with Crippen LogP contribution >= 0.6 is 0 Å². The summed E-state index contributed by atoms with van der Waals surface area (Å²) >= 11 is 0. The predicted octanol–water partition coefficient (Wildman–Crippen LogP) is 2.13. The van der Waals surface area contributed by atoms with Crippen molar-refractivity contribution in [2.75, 3.05) is 13.1 Å². The molecule has 0 aromatic carbocycles. The third-order valence-electron chi connectivity index (χ3n) is 3.17. The molecule has 2 aromatic heterocycles. The maximum atomic E-state index is 4.31. The van der Waals surface area contributed by atoms with E-state index in [4.69, 9.17) is 0 Å². The molecule has 0 amide bonds. The number of rotatable bonds is 2. The van der Waals surface area contributed by atoms with Crippen LogP contribution in [0.2, 0.25) is 0 Å². The topological polar surface area (TPSA) is 20.5 Å². The number of hydrogen-bond acceptors (Lipinski definition) is 2. The van der Waals surface area contributed by atoms with E-state index in [1.165, 1.54) is 31.5 Å². The van der Waals surface area contributed by atoms with Gasteiger partial charge in [-0.15, -0.1) is 0 Å². The van der Waals surface area contributed by atoms with Gasteiger partial charge in [0.05, 0.1) is 0 Å². The maximum absolute atomic E-state index is 4.31. The van der Waals surface area contributed by atoms with Crippen molar-refractivity contribution in [3.63, 3.8) is 0 Å². The summed E-state index contributed by atoms with van der Waals surface area (Å²) in [6, 6.07) is 4.37. The quantitative estimate of drug-likeness (QED) is 0.763. The first-order chi connectivity index (χ1) is 7.92. The lowest BCUT2D eigenvalue weighted by molar-refractivity contribution is 0.246. The lowest BCUT2D eigenvalue weighted by Crippen LogP contribution is -2.29. The average Bonchev–Trinajstić information content (AvgIpc) is 2.77. The van der Waals surface area contributed by atoms with E-state index in [2.05, 4.69) is 34.6 Å². The molecule has 0 N–H and O–H groups in total. The molecule has 0 atom stereocenters. The molecule has 3 heteroatoms. The second kappa shape index (κ2) is 4.26. The molecule has 1 fully saturated rings. The fraction of sp³-hybridized carbons (Fsp3) is 0.385. The molecule has 1 saturated heterocycles. The molecule has 3 nitrogen and oxygen atoms in total. The molecule has 16 heavy (non-hydrogen) atoms. The Bertz CT molecular complexity index is 469. The third kappa shape index (κ3) is 1.95. The summed E-state index contributed by atoms with van der Waals surface area (Å²) in [6.07, 6.45) is 10.8. The lowest BCUT2D eigenvalue weighted by Gasteiger charge is -2.26. The average molecular weight is 214 g/mol. The van der Waals surface area contributed by atoms with Crippen LogP contribution in [0.15, 0.2) is 30.7 Å². The summed E-state index contributed by atoms with van der Waals surface area (Å²) in [4.78, 5) is 6.82. The molecule has 0 saturated carbocycles. The molecule has 0 bridgehead atoms. The van der Waals surface area contributed by atoms with Crippen LogP contribution in [0.5, 0.6) is 0 Å². The Morgan fingerprint density at radius 3 is 2.94 bits per heavy atom. The minimum absolute atomic E-state index is 1.04. The number of nitrogens with zero attached hydrogens (tertiary/aromatic N) is 3. The van der Waals surface area contributed by atoms with Gasteiger partial charge in [0, 0.05) is 25.1 Å². The van der Waals surface area contributed by atoms with Crippen molar-refractivity contribution in [3.8, 4) is 0 Å². The van der Waals surface area contributed by atoms with Gasteiger partial charge in [-0.25, -0.2) is 4.98 Å². The SMILES string of the molecule is [CH]1CCN(Cc2ccn3ccnc3c2)CC1. The third-order valence-corrected chi connectivity index (χ3v) is 3.17. The molecule has 0 spiro atoms. The van der Waals surface area contributed by atoms with E-state index in [-0.39, 0.29) is 0 Å². The Balaban J connectivity index is 1.77. The van der Waals surface area contributed by atoms with Crippen LogP contribution in [0.3, 0.4) is 0 Å². The summed E-state index contributed by atoms with van der Waals surface area (Å²) in [7, 11) is 0. The zero-order valence-corrected chi connectivity index (χ0v) is 9.34. The summed E-state index contributed by atoms with van der Waals surface area (Å²) in [5, 5.41) is 0. The Labute approximate surface area is 95.7 Å². The highest BCUT2D eigenvalue weighted by Gasteiger charge is 2.10. The van der Waals surface area contributed by atoms with E-state index >= 15 is 0 Å². The highest BCUT2D eigenvalue weighted by molar-refractivity contribution is 5.41. The molecule has 0 unspecified atom stereocenters. The van der Waals surface area contributed by atoms with E-state index in [1.807, 2.05) is 16.8 Å². The smallest absolute Gasteiger partial charge is 0.136 e. The Kier molecular flexibility index (Phi) is 2.62. The Morgan fingerprint density at radius 1 is 1.19 bits per heavy atom. The molecule has 2 aromatic rings. The number of imidazole rings is 1. The van der Waals surface area contributed by atoms with Gasteiger partial charge < -0.3 is 4.40 Å². The number of pyridine rings is 1. The van der Waals surface area contributed by atoms with Gasteiger partial charge in [0.1, 0.15) is 5.65 Å². The van der Waals surface area contributed by atoms with E-state index in [1.54, 1.807) is 0 Å². The van der Waals surface area contributed by atoms with Crippen molar-refractivity contribution in [3.05, 3.63) is 42.7 Å². The van der Waals surface area contributed by atoms with Gasteiger partial charge in [0.25, 0.3) is 0 Å². The van der Waals surface area contributed by atoms with Crippen molar-refractivity contribution in [2.45, 2.75) is 19.4 Å². The van der Waals surface area contributed by atoms with E-state index in [0.29, 0.717) is 0 Å². The normalized spacial score (nSPS) is 18.0. The standard InChI is InChI=1S/C13H16N3/c1-2-6-15(7-3-1)11-12-4-8-16-9-5-14-13(16)10-12/h1,4-5,8-10H,2-3,6-7,11H2. The zero-order chi connectivity index (χ0) is 10.8. The largest absolute Gasteiger partial charge is 0.307 e. The second-order valence-electron chi connectivity index (χ2n) is 4.37. The molecular formula is C13H16N3. The monoisotopic (exact) mass is 214 g/mol. The summed E-state index contributed by atoms with van der Waals surface area (Å²) < 4.78 is 2.05. The first-order valence-electron chi connectivity index (χ1n) is 5.87. The lowest BCUT2D eigenvalue weighted by atomic mass is 10.1. The fourth-order valence-electron chi connectivity index (χ4n) is 2.27. The fourth-order valence-corrected chi connectivity index (χ4v) is 2.27. The molecule has 1 aliphatic rings. The minimum Gasteiger partial charge on any atom is -0.307 e. The van der Waals surface area contributed by atoms with Gasteiger partial charge in [-0.2, -0.15) is 0 Å². The van der Waals surface area contributed by atoms with E-state index in [0.717, 1.165) is 12.2 Å². The van der Waals surface area contributed by atoms with Crippen molar-refractivity contribution in [1.29, 1.82) is 0 Å². The molecular weight excluding hydrogens is 198 g/mol. The van der Waals surface area contributed by atoms with Crippen LogP contribution in [0, 0.1) is 6.42 Å². The molecule has 83 valence electrons. The van der Waals surface area contributed by atoms with Crippen molar-refractivity contribution in [1.82, 2.24) is 14.3 Å².